The molecule has 13 heteroatoms. The molecule has 42 heavy (non-hydrogen) atoms. The number of amides is 4. The van der Waals surface area contributed by atoms with Gasteiger partial charge < -0.3 is 25.2 Å². The van der Waals surface area contributed by atoms with Crippen molar-refractivity contribution in [2.24, 2.45) is 0 Å². The Hall–Kier alpha value is -4.65. The third kappa shape index (κ3) is 7.75. The fourth-order valence-corrected chi connectivity index (χ4v) is 5.06. The zero-order chi connectivity index (χ0) is 29.5. The fraction of sp³-hybridized carbons (Fsp3) is 0.345. The van der Waals surface area contributed by atoms with E-state index in [4.69, 9.17) is 4.74 Å². The Morgan fingerprint density at radius 3 is 2.19 bits per heavy atom. The minimum absolute atomic E-state index is 0.0150. The van der Waals surface area contributed by atoms with Crippen LogP contribution in [0.1, 0.15) is 32.1 Å². The molecule has 2 saturated heterocycles. The number of carbonyl (C=O) groups excluding carboxylic acids is 3. The van der Waals surface area contributed by atoms with Gasteiger partial charge in [-0.05, 0) is 75.2 Å². The van der Waals surface area contributed by atoms with Crippen LogP contribution < -0.4 is 20.7 Å². The molecule has 1 aromatic heterocycles. The maximum atomic E-state index is 14.8. The zero-order valence-electron chi connectivity index (χ0n) is 22.8. The lowest BCUT2D eigenvalue weighted by Gasteiger charge is -2.36. The number of benzene rings is 2. The number of aromatic nitrogens is 2. The zero-order valence-corrected chi connectivity index (χ0v) is 22.8. The van der Waals surface area contributed by atoms with E-state index >= 15 is 0 Å². The van der Waals surface area contributed by atoms with Crippen molar-refractivity contribution >= 4 is 35.0 Å². The first-order valence-electron chi connectivity index (χ1n) is 13.8. The Bertz CT molecular complexity index is 1430. The van der Waals surface area contributed by atoms with Gasteiger partial charge in [0, 0.05) is 42.6 Å². The number of likely N-dealkylation sites (tertiary alicyclic amines) is 2. The number of nitrogens with one attached hydrogen (secondary N) is 3. The molecule has 0 atom stereocenters. The van der Waals surface area contributed by atoms with Crippen molar-refractivity contribution in [1.82, 2.24) is 19.8 Å². The van der Waals surface area contributed by atoms with Crippen molar-refractivity contribution in [1.29, 1.82) is 0 Å². The average molecular weight is 580 g/mol. The third-order valence-electron chi connectivity index (χ3n) is 7.16. The van der Waals surface area contributed by atoms with Gasteiger partial charge in [0.1, 0.15) is 24.4 Å². The summed E-state index contributed by atoms with van der Waals surface area (Å²) >= 11 is 0. The number of hydrogen-bond acceptors (Lipinski definition) is 7. The molecule has 220 valence electrons. The van der Waals surface area contributed by atoms with Gasteiger partial charge >= 0.3 is 6.03 Å². The number of carbonyl (C=O) groups is 3. The van der Waals surface area contributed by atoms with Crippen LogP contribution in [-0.2, 0) is 9.59 Å². The molecule has 0 bridgehead atoms. The summed E-state index contributed by atoms with van der Waals surface area (Å²) in [6.45, 7) is 3.59. The lowest BCUT2D eigenvalue weighted by molar-refractivity contribution is -0.123. The molecule has 0 radical (unpaired) electrons. The van der Waals surface area contributed by atoms with Gasteiger partial charge in [0.25, 0.3) is 0 Å². The maximum absolute atomic E-state index is 14.8. The normalized spacial score (nSPS) is 15.7. The second kappa shape index (κ2) is 13.3. The highest BCUT2D eigenvalue weighted by molar-refractivity contribution is 6.08. The lowest BCUT2D eigenvalue weighted by Crippen LogP contribution is -2.47. The maximum Gasteiger partial charge on any atom is 0.323 e. The van der Waals surface area contributed by atoms with Crippen LogP contribution in [0.25, 0.3) is 0 Å². The van der Waals surface area contributed by atoms with E-state index in [0.29, 0.717) is 24.8 Å². The van der Waals surface area contributed by atoms with Crippen molar-refractivity contribution in [3.05, 3.63) is 66.5 Å². The van der Waals surface area contributed by atoms with E-state index < -0.39 is 29.9 Å². The molecule has 5 rings (SSSR count). The largest absolute Gasteiger partial charge is 0.436 e. The highest BCUT2D eigenvalue weighted by Gasteiger charge is 2.28. The molecule has 2 fully saturated rings. The molecule has 3 heterocycles. The second-order valence-electron chi connectivity index (χ2n) is 10.2. The molecule has 2 aliphatic rings. The molecule has 2 aromatic carbocycles. The molecule has 0 saturated carbocycles. The molecule has 0 unspecified atom stereocenters. The number of urea groups is 1. The average Bonchev–Trinajstić information content (AvgIpc) is 3.51. The highest BCUT2D eigenvalue weighted by atomic mass is 19.1. The van der Waals surface area contributed by atoms with Crippen LogP contribution in [0.3, 0.4) is 0 Å². The number of rotatable bonds is 8. The molecule has 3 aromatic rings. The molecule has 11 nitrogen and oxygen atoms in total. The summed E-state index contributed by atoms with van der Waals surface area (Å²) in [6.07, 6.45) is 5.03. The van der Waals surface area contributed by atoms with Gasteiger partial charge in [0.2, 0.25) is 17.7 Å². The highest BCUT2D eigenvalue weighted by Crippen LogP contribution is 2.27. The van der Waals surface area contributed by atoms with Crippen LogP contribution >= 0.6 is 0 Å². The summed E-state index contributed by atoms with van der Waals surface area (Å²) in [5, 5.41) is 7.67. The van der Waals surface area contributed by atoms with E-state index in [-0.39, 0.29) is 29.2 Å². The van der Waals surface area contributed by atoms with Gasteiger partial charge in [0.05, 0.1) is 0 Å². The van der Waals surface area contributed by atoms with Crippen LogP contribution in [0.4, 0.5) is 30.8 Å². The number of nitrogens with zero attached hydrogens (tertiary/aromatic N) is 4. The minimum Gasteiger partial charge on any atom is -0.436 e. The Labute approximate surface area is 241 Å². The van der Waals surface area contributed by atoms with E-state index in [2.05, 4.69) is 30.8 Å². The van der Waals surface area contributed by atoms with Crippen molar-refractivity contribution in [3.8, 4) is 11.6 Å². The van der Waals surface area contributed by atoms with Crippen molar-refractivity contribution in [2.75, 3.05) is 42.1 Å². The SMILES string of the molecule is O=C(CC(=O)Nc1ccc(Oc2cc(NC(=O)N3CCC(N4CCCC4)CC3)ncn2)c(F)c1)Nc1ccc(F)cc1. The van der Waals surface area contributed by atoms with Gasteiger partial charge in [-0.3, -0.25) is 14.9 Å². The van der Waals surface area contributed by atoms with Crippen molar-refractivity contribution in [2.45, 2.75) is 38.1 Å². The first-order valence-corrected chi connectivity index (χ1v) is 13.8. The first-order chi connectivity index (χ1) is 20.3. The van der Waals surface area contributed by atoms with Crippen LogP contribution in [0.15, 0.2) is 54.9 Å². The van der Waals surface area contributed by atoms with Gasteiger partial charge in [-0.1, -0.05) is 0 Å². The molecule has 0 spiro atoms. The van der Waals surface area contributed by atoms with E-state index in [1.165, 1.54) is 61.6 Å². The van der Waals surface area contributed by atoms with Crippen molar-refractivity contribution in [3.63, 3.8) is 0 Å². The Balaban J connectivity index is 1.10. The van der Waals surface area contributed by atoms with E-state index in [0.717, 1.165) is 32.0 Å². The quantitative estimate of drug-likeness (QED) is 0.333. The predicted octanol–water partition coefficient (Wildman–Crippen LogP) is 4.61. The van der Waals surface area contributed by atoms with Crippen LogP contribution in [0.2, 0.25) is 0 Å². The summed E-state index contributed by atoms with van der Waals surface area (Å²) < 4.78 is 33.3. The van der Waals surface area contributed by atoms with E-state index in [1.54, 1.807) is 4.90 Å². The number of halogens is 2. The Morgan fingerprint density at radius 2 is 1.50 bits per heavy atom. The first kappa shape index (κ1) is 28.9. The lowest BCUT2D eigenvalue weighted by atomic mass is 10.0. The summed E-state index contributed by atoms with van der Waals surface area (Å²) in [7, 11) is 0. The van der Waals surface area contributed by atoms with Gasteiger partial charge in [-0.25, -0.2) is 23.5 Å². The smallest absolute Gasteiger partial charge is 0.323 e. The standard InChI is InChI=1S/C29H31F2N7O4/c30-19-3-5-20(6-4-19)34-26(39)17-27(40)35-21-7-8-24(23(31)15-21)42-28-16-25(32-18-33-28)36-29(41)38-13-9-22(10-14-38)37-11-1-2-12-37/h3-8,15-16,18,22H,1-2,9-14,17H2,(H,34,39)(H,35,40)(H,32,33,36,41). The van der Waals surface area contributed by atoms with Gasteiger partial charge in [0.15, 0.2) is 11.6 Å². The molecule has 3 N–H and O–H groups in total. The van der Waals surface area contributed by atoms with Gasteiger partial charge in [-0.2, -0.15) is 0 Å². The molecule has 2 aliphatic heterocycles. The fourth-order valence-electron chi connectivity index (χ4n) is 5.06. The molecule has 4 amide bonds. The Kier molecular flexibility index (Phi) is 9.17. The second-order valence-corrected chi connectivity index (χ2v) is 10.2. The van der Waals surface area contributed by atoms with Crippen LogP contribution in [0, 0.1) is 11.6 Å². The summed E-state index contributed by atoms with van der Waals surface area (Å²) in [5.41, 5.74) is 0.454. The van der Waals surface area contributed by atoms with Crippen LogP contribution in [0.5, 0.6) is 11.6 Å². The topological polar surface area (TPSA) is 129 Å². The summed E-state index contributed by atoms with van der Waals surface area (Å²) in [4.78, 5) is 49.4. The molecular formula is C29H31F2N7O4. The number of piperidine rings is 1. The predicted molar refractivity (Wildman–Crippen MR) is 151 cm³/mol. The van der Waals surface area contributed by atoms with Crippen LogP contribution in [-0.4, -0.2) is 69.8 Å². The minimum atomic E-state index is -0.784. The Morgan fingerprint density at radius 1 is 0.833 bits per heavy atom. The molecular weight excluding hydrogens is 548 g/mol. The molecule has 0 aliphatic carbocycles. The van der Waals surface area contributed by atoms with Gasteiger partial charge in [-0.15, -0.1) is 0 Å². The third-order valence-corrected chi connectivity index (χ3v) is 7.16. The van der Waals surface area contributed by atoms with Crippen molar-refractivity contribution < 1.29 is 27.9 Å². The monoisotopic (exact) mass is 579 g/mol. The number of ether oxygens (including phenoxy) is 1. The number of anilines is 3. The van der Waals surface area contributed by atoms with E-state index in [1.807, 2.05) is 0 Å². The summed E-state index contributed by atoms with van der Waals surface area (Å²) in [6, 6.07) is 10.5. The number of hydrogen-bond donors (Lipinski definition) is 3. The van der Waals surface area contributed by atoms with E-state index in [9.17, 15) is 23.2 Å². The summed E-state index contributed by atoms with van der Waals surface area (Å²) in [5.74, 6) is -2.45.